The van der Waals surface area contributed by atoms with Gasteiger partial charge in [0, 0.05) is 22.8 Å². The normalized spacial score (nSPS) is 10.6. The maximum atomic E-state index is 13.7. The smallest absolute Gasteiger partial charge is 0.128 e. The molecule has 0 spiro atoms. The van der Waals surface area contributed by atoms with Crippen molar-refractivity contribution in [1.82, 2.24) is 14.8 Å². The largest absolute Gasteiger partial charge is 0.381 e. The lowest BCUT2D eigenvalue weighted by molar-refractivity contribution is 0.613. The molecule has 1 heterocycles. The average Bonchev–Trinajstić information content (AvgIpc) is 3.01. The van der Waals surface area contributed by atoms with Gasteiger partial charge in [0.1, 0.15) is 18.5 Å². The maximum Gasteiger partial charge on any atom is 0.128 e. The highest BCUT2D eigenvalue weighted by molar-refractivity contribution is 6.30. The molecule has 0 saturated heterocycles. The second-order valence-corrected chi connectivity index (χ2v) is 5.36. The summed E-state index contributed by atoms with van der Waals surface area (Å²) in [6, 6.07) is 12.5. The zero-order chi connectivity index (χ0) is 15.4. The van der Waals surface area contributed by atoms with Crippen LogP contribution in [0.15, 0.2) is 55.1 Å². The van der Waals surface area contributed by atoms with Gasteiger partial charge in [0.15, 0.2) is 0 Å². The summed E-state index contributed by atoms with van der Waals surface area (Å²) in [6.07, 6.45) is 3.34. The summed E-state index contributed by atoms with van der Waals surface area (Å²) in [5.41, 5.74) is 2.57. The van der Waals surface area contributed by atoms with Crippen molar-refractivity contribution >= 4 is 17.3 Å². The molecular weight excluding hydrogens is 303 g/mol. The summed E-state index contributed by atoms with van der Waals surface area (Å²) in [7, 11) is 0. The summed E-state index contributed by atoms with van der Waals surface area (Å²) >= 11 is 5.89. The summed E-state index contributed by atoms with van der Waals surface area (Å²) in [5, 5.41) is 11.3. The van der Waals surface area contributed by atoms with E-state index in [-0.39, 0.29) is 5.82 Å². The van der Waals surface area contributed by atoms with Crippen LogP contribution in [-0.2, 0) is 13.1 Å². The van der Waals surface area contributed by atoms with Gasteiger partial charge in [-0.2, -0.15) is 0 Å². The Morgan fingerprint density at radius 2 is 1.91 bits per heavy atom. The Labute approximate surface area is 132 Å². The van der Waals surface area contributed by atoms with Crippen molar-refractivity contribution in [2.75, 3.05) is 5.32 Å². The molecule has 0 aliphatic carbocycles. The molecule has 0 aliphatic heterocycles. The summed E-state index contributed by atoms with van der Waals surface area (Å²) in [6.45, 7) is 1.07. The van der Waals surface area contributed by atoms with Crippen molar-refractivity contribution in [2.45, 2.75) is 13.1 Å². The molecule has 3 rings (SSSR count). The van der Waals surface area contributed by atoms with E-state index in [0.717, 1.165) is 11.3 Å². The van der Waals surface area contributed by atoms with Crippen LogP contribution in [0.25, 0.3) is 0 Å². The highest BCUT2D eigenvalue weighted by atomic mass is 35.5. The molecule has 112 valence electrons. The van der Waals surface area contributed by atoms with Gasteiger partial charge in [0.05, 0.1) is 6.54 Å². The Bertz CT molecular complexity index is 759. The van der Waals surface area contributed by atoms with Crippen LogP contribution in [0, 0.1) is 5.82 Å². The van der Waals surface area contributed by atoms with Crippen molar-refractivity contribution in [2.24, 2.45) is 0 Å². The first kappa shape index (κ1) is 14.5. The number of halogens is 2. The van der Waals surface area contributed by atoms with Crippen LogP contribution in [-0.4, -0.2) is 14.8 Å². The molecule has 1 aromatic heterocycles. The van der Waals surface area contributed by atoms with Crippen LogP contribution in [0.1, 0.15) is 11.1 Å². The Kier molecular flexibility index (Phi) is 4.34. The van der Waals surface area contributed by atoms with E-state index in [1.807, 2.05) is 28.8 Å². The molecule has 0 amide bonds. The van der Waals surface area contributed by atoms with Crippen molar-refractivity contribution in [3.05, 3.63) is 77.1 Å². The molecule has 0 unspecified atom stereocenters. The monoisotopic (exact) mass is 316 g/mol. The van der Waals surface area contributed by atoms with E-state index in [1.54, 1.807) is 24.8 Å². The molecule has 1 N–H and O–H groups in total. The third-order valence-electron chi connectivity index (χ3n) is 3.25. The lowest BCUT2D eigenvalue weighted by atomic mass is 10.1. The molecular formula is C16H14ClFN4. The van der Waals surface area contributed by atoms with Gasteiger partial charge in [0.25, 0.3) is 0 Å². The van der Waals surface area contributed by atoms with Gasteiger partial charge in [0.2, 0.25) is 0 Å². The van der Waals surface area contributed by atoms with Crippen molar-refractivity contribution in [3.8, 4) is 0 Å². The van der Waals surface area contributed by atoms with Crippen LogP contribution in [0.4, 0.5) is 10.1 Å². The Morgan fingerprint density at radius 3 is 2.73 bits per heavy atom. The van der Waals surface area contributed by atoms with E-state index in [4.69, 9.17) is 11.6 Å². The lowest BCUT2D eigenvalue weighted by Gasteiger charge is -2.10. The van der Waals surface area contributed by atoms with Crippen molar-refractivity contribution < 1.29 is 4.39 Å². The Hall–Kier alpha value is -2.40. The minimum Gasteiger partial charge on any atom is -0.381 e. The van der Waals surface area contributed by atoms with E-state index < -0.39 is 0 Å². The van der Waals surface area contributed by atoms with Gasteiger partial charge in [-0.15, -0.1) is 10.2 Å². The van der Waals surface area contributed by atoms with Crippen LogP contribution in [0.3, 0.4) is 0 Å². The highest BCUT2D eigenvalue weighted by Crippen LogP contribution is 2.17. The van der Waals surface area contributed by atoms with Crippen molar-refractivity contribution in [3.63, 3.8) is 0 Å². The van der Waals surface area contributed by atoms with E-state index in [1.165, 1.54) is 6.07 Å². The van der Waals surface area contributed by atoms with Gasteiger partial charge in [-0.1, -0.05) is 23.7 Å². The third kappa shape index (κ3) is 3.62. The SMILES string of the molecule is Fc1ccc(Cl)cc1CNc1cccc(Cn2cnnc2)c1. The maximum absolute atomic E-state index is 13.7. The standard InChI is InChI=1S/C16H14ClFN4/c17-14-4-5-16(18)13(7-14)8-19-15-3-1-2-12(6-15)9-22-10-20-21-11-22/h1-7,10-11,19H,8-9H2. The molecule has 0 radical (unpaired) electrons. The van der Waals surface area contributed by atoms with E-state index in [0.29, 0.717) is 23.7 Å². The molecule has 3 aromatic rings. The van der Waals surface area contributed by atoms with E-state index >= 15 is 0 Å². The molecule has 0 atom stereocenters. The minimum absolute atomic E-state index is 0.266. The summed E-state index contributed by atoms with van der Waals surface area (Å²) in [4.78, 5) is 0. The first-order valence-electron chi connectivity index (χ1n) is 6.80. The number of hydrogen-bond donors (Lipinski definition) is 1. The van der Waals surface area contributed by atoms with Crippen LogP contribution >= 0.6 is 11.6 Å². The van der Waals surface area contributed by atoms with Gasteiger partial charge in [-0.3, -0.25) is 0 Å². The zero-order valence-corrected chi connectivity index (χ0v) is 12.5. The second kappa shape index (κ2) is 6.58. The number of rotatable bonds is 5. The number of nitrogens with one attached hydrogen (secondary N) is 1. The predicted molar refractivity (Wildman–Crippen MR) is 84.3 cm³/mol. The first-order valence-corrected chi connectivity index (χ1v) is 7.18. The molecule has 4 nitrogen and oxygen atoms in total. The third-order valence-corrected chi connectivity index (χ3v) is 3.48. The average molecular weight is 317 g/mol. The van der Waals surface area contributed by atoms with Crippen molar-refractivity contribution in [1.29, 1.82) is 0 Å². The molecule has 6 heteroatoms. The lowest BCUT2D eigenvalue weighted by Crippen LogP contribution is -2.03. The van der Waals surface area contributed by atoms with E-state index in [9.17, 15) is 4.39 Å². The van der Waals surface area contributed by atoms with Crippen LogP contribution in [0.2, 0.25) is 5.02 Å². The number of hydrogen-bond acceptors (Lipinski definition) is 3. The molecule has 2 aromatic carbocycles. The van der Waals surface area contributed by atoms with E-state index in [2.05, 4.69) is 15.5 Å². The Morgan fingerprint density at radius 1 is 1.09 bits per heavy atom. The minimum atomic E-state index is -0.266. The number of benzene rings is 2. The fourth-order valence-corrected chi connectivity index (χ4v) is 2.36. The predicted octanol–water partition coefficient (Wildman–Crippen LogP) is 3.73. The molecule has 0 aliphatic rings. The van der Waals surface area contributed by atoms with Crippen LogP contribution in [0.5, 0.6) is 0 Å². The number of anilines is 1. The fourth-order valence-electron chi connectivity index (χ4n) is 2.17. The zero-order valence-electron chi connectivity index (χ0n) is 11.7. The van der Waals surface area contributed by atoms with Gasteiger partial charge in [-0.25, -0.2) is 4.39 Å². The van der Waals surface area contributed by atoms with Gasteiger partial charge >= 0.3 is 0 Å². The number of nitrogens with zero attached hydrogens (tertiary/aromatic N) is 3. The molecule has 0 saturated carbocycles. The quantitative estimate of drug-likeness (QED) is 0.780. The second-order valence-electron chi connectivity index (χ2n) is 4.92. The summed E-state index contributed by atoms with van der Waals surface area (Å²) < 4.78 is 15.6. The van der Waals surface area contributed by atoms with Crippen LogP contribution < -0.4 is 5.32 Å². The summed E-state index contributed by atoms with van der Waals surface area (Å²) in [5.74, 6) is -0.266. The first-order chi connectivity index (χ1) is 10.7. The fraction of sp³-hybridized carbons (Fsp3) is 0.125. The molecule has 0 bridgehead atoms. The molecule has 22 heavy (non-hydrogen) atoms. The van der Waals surface area contributed by atoms with Gasteiger partial charge < -0.3 is 9.88 Å². The number of aromatic nitrogens is 3. The molecule has 0 fully saturated rings. The Balaban J connectivity index is 1.69. The highest BCUT2D eigenvalue weighted by Gasteiger charge is 2.03. The van der Waals surface area contributed by atoms with Gasteiger partial charge in [-0.05, 0) is 35.9 Å². The topological polar surface area (TPSA) is 42.7 Å².